The predicted molar refractivity (Wildman–Crippen MR) is 83.7 cm³/mol. The van der Waals surface area contributed by atoms with Crippen LogP contribution in [0.2, 0.25) is 0 Å². The summed E-state index contributed by atoms with van der Waals surface area (Å²) in [5, 5.41) is 0. The fourth-order valence-corrected chi connectivity index (χ4v) is 2.52. The Bertz CT molecular complexity index is 526. The Morgan fingerprint density at radius 3 is 2.53 bits per heavy atom. The van der Waals surface area contributed by atoms with E-state index in [1.54, 1.807) is 0 Å². The number of hydrazine groups is 1. The van der Waals surface area contributed by atoms with Gasteiger partial charge in [-0.1, -0.05) is 58.4 Å². The van der Waals surface area contributed by atoms with Crippen molar-refractivity contribution in [2.45, 2.75) is 25.8 Å². The maximum atomic E-state index is 5.69. The monoisotopic (exact) mass is 318 g/mol. The summed E-state index contributed by atoms with van der Waals surface area (Å²) >= 11 is 3.57. The minimum atomic E-state index is 0.178. The molecule has 0 aromatic heterocycles. The largest absolute Gasteiger partial charge is 0.271 e. The molecule has 1 atom stereocenters. The van der Waals surface area contributed by atoms with Crippen LogP contribution in [0.4, 0.5) is 0 Å². The first-order valence-corrected chi connectivity index (χ1v) is 7.26. The zero-order valence-corrected chi connectivity index (χ0v) is 12.7. The van der Waals surface area contributed by atoms with E-state index in [0.717, 1.165) is 17.3 Å². The molecule has 3 heteroatoms. The molecule has 100 valence electrons. The third kappa shape index (κ3) is 3.90. The molecule has 3 N–H and O–H groups in total. The average molecular weight is 319 g/mol. The van der Waals surface area contributed by atoms with Gasteiger partial charge in [0.05, 0.1) is 0 Å². The molecule has 0 saturated carbocycles. The number of benzene rings is 2. The van der Waals surface area contributed by atoms with Gasteiger partial charge in [-0.15, -0.1) is 0 Å². The minimum absolute atomic E-state index is 0.178. The second-order valence-corrected chi connectivity index (χ2v) is 5.61. The summed E-state index contributed by atoms with van der Waals surface area (Å²) in [6, 6.07) is 17.1. The molecular formula is C16H19BrN2. The van der Waals surface area contributed by atoms with E-state index >= 15 is 0 Å². The van der Waals surface area contributed by atoms with Crippen LogP contribution in [-0.2, 0) is 6.42 Å². The third-order valence-electron chi connectivity index (χ3n) is 3.36. The highest BCUT2D eigenvalue weighted by molar-refractivity contribution is 9.10. The van der Waals surface area contributed by atoms with Gasteiger partial charge in [0.2, 0.25) is 0 Å². The van der Waals surface area contributed by atoms with Gasteiger partial charge in [-0.25, -0.2) is 0 Å². The van der Waals surface area contributed by atoms with Crippen LogP contribution in [0, 0.1) is 6.92 Å². The van der Waals surface area contributed by atoms with E-state index in [0.29, 0.717) is 0 Å². The lowest BCUT2D eigenvalue weighted by Gasteiger charge is -2.17. The van der Waals surface area contributed by atoms with Gasteiger partial charge in [-0.05, 0) is 42.5 Å². The maximum absolute atomic E-state index is 5.69. The van der Waals surface area contributed by atoms with Gasteiger partial charge in [0, 0.05) is 10.5 Å². The molecule has 0 fully saturated rings. The number of nitrogens with two attached hydrogens (primary N) is 1. The van der Waals surface area contributed by atoms with E-state index in [9.17, 15) is 0 Å². The standard InChI is InChI=1S/C16H19BrN2/c1-12-7-9-14(11-15(12)17)16(19-18)10-8-13-5-3-2-4-6-13/h2-7,9,11,16,19H,8,10,18H2,1H3. The summed E-state index contributed by atoms with van der Waals surface area (Å²) in [6.07, 6.45) is 2.00. The topological polar surface area (TPSA) is 38.0 Å². The summed E-state index contributed by atoms with van der Waals surface area (Å²) < 4.78 is 1.13. The maximum Gasteiger partial charge on any atom is 0.0463 e. The Hall–Kier alpha value is -1.16. The number of halogens is 1. The van der Waals surface area contributed by atoms with Crippen molar-refractivity contribution in [3.8, 4) is 0 Å². The van der Waals surface area contributed by atoms with Crippen LogP contribution in [0.3, 0.4) is 0 Å². The number of hydrogen-bond donors (Lipinski definition) is 2. The molecule has 2 rings (SSSR count). The lowest BCUT2D eigenvalue weighted by Crippen LogP contribution is -2.28. The molecule has 0 saturated heterocycles. The van der Waals surface area contributed by atoms with Crippen molar-refractivity contribution < 1.29 is 0 Å². The van der Waals surface area contributed by atoms with Crippen LogP contribution in [0.1, 0.15) is 29.2 Å². The molecular weight excluding hydrogens is 300 g/mol. The molecule has 19 heavy (non-hydrogen) atoms. The average Bonchev–Trinajstić information content (AvgIpc) is 2.44. The molecule has 0 radical (unpaired) electrons. The van der Waals surface area contributed by atoms with E-state index in [1.807, 2.05) is 6.07 Å². The van der Waals surface area contributed by atoms with Gasteiger partial charge < -0.3 is 0 Å². The summed E-state index contributed by atoms with van der Waals surface area (Å²) in [6.45, 7) is 2.09. The molecule has 0 aliphatic rings. The number of rotatable bonds is 5. The molecule has 1 unspecified atom stereocenters. The first-order valence-electron chi connectivity index (χ1n) is 6.47. The van der Waals surface area contributed by atoms with Crippen LogP contribution in [-0.4, -0.2) is 0 Å². The normalized spacial score (nSPS) is 12.4. The first-order chi connectivity index (χ1) is 9.20. The van der Waals surface area contributed by atoms with Gasteiger partial charge in [0.25, 0.3) is 0 Å². The Balaban J connectivity index is 2.05. The van der Waals surface area contributed by atoms with Crippen molar-refractivity contribution in [3.63, 3.8) is 0 Å². The zero-order chi connectivity index (χ0) is 13.7. The Morgan fingerprint density at radius 2 is 1.89 bits per heavy atom. The van der Waals surface area contributed by atoms with E-state index in [4.69, 9.17) is 5.84 Å². The summed E-state index contributed by atoms with van der Waals surface area (Å²) in [7, 11) is 0. The molecule has 0 heterocycles. The van der Waals surface area contributed by atoms with E-state index in [-0.39, 0.29) is 6.04 Å². The van der Waals surface area contributed by atoms with Crippen molar-refractivity contribution in [1.82, 2.24) is 5.43 Å². The Kier molecular flexibility index (Phi) is 5.14. The minimum Gasteiger partial charge on any atom is -0.271 e. The molecule has 0 aliphatic heterocycles. The number of aryl methyl sites for hydroxylation is 2. The van der Waals surface area contributed by atoms with E-state index < -0.39 is 0 Å². The van der Waals surface area contributed by atoms with Crippen molar-refractivity contribution in [2.75, 3.05) is 0 Å². The van der Waals surface area contributed by atoms with Crippen LogP contribution < -0.4 is 11.3 Å². The summed E-state index contributed by atoms with van der Waals surface area (Å²) in [4.78, 5) is 0. The van der Waals surface area contributed by atoms with Crippen LogP contribution >= 0.6 is 15.9 Å². The second kappa shape index (κ2) is 6.85. The fourth-order valence-electron chi connectivity index (χ4n) is 2.13. The van der Waals surface area contributed by atoms with Gasteiger partial charge in [0.1, 0.15) is 0 Å². The van der Waals surface area contributed by atoms with Crippen molar-refractivity contribution >= 4 is 15.9 Å². The van der Waals surface area contributed by atoms with E-state index in [1.165, 1.54) is 16.7 Å². The lowest BCUT2D eigenvalue weighted by molar-refractivity contribution is 0.516. The van der Waals surface area contributed by atoms with Crippen LogP contribution in [0.5, 0.6) is 0 Å². The molecule has 0 spiro atoms. The smallest absolute Gasteiger partial charge is 0.0463 e. The highest BCUT2D eigenvalue weighted by Crippen LogP contribution is 2.24. The quantitative estimate of drug-likeness (QED) is 0.648. The first kappa shape index (κ1) is 14.3. The predicted octanol–water partition coefficient (Wildman–Crippen LogP) is 3.89. The lowest BCUT2D eigenvalue weighted by atomic mass is 9.99. The summed E-state index contributed by atoms with van der Waals surface area (Å²) in [5.41, 5.74) is 6.71. The Morgan fingerprint density at radius 1 is 1.16 bits per heavy atom. The fraction of sp³-hybridized carbons (Fsp3) is 0.250. The zero-order valence-electron chi connectivity index (χ0n) is 11.1. The highest BCUT2D eigenvalue weighted by atomic mass is 79.9. The SMILES string of the molecule is Cc1ccc(C(CCc2ccccc2)NN)cc1Br. The molecule has 0 amide bonds. The molecule has 0 aliphatic carbocycles. The second-order valence-electron chi connectivity index (χ2n) is 4.75. The van der Waals surface area contributed by atoms with Gasteiger partial charge in [-0.3, -0.25) is 11.3 Å². The van der Waals surface area contributed by atoms with Crippen molar-refractivity contribution in [1.29, 1.82) is 0 Å². The molecule has 2 nitrogen and oxygen atoms in total. The summed E-state index contributed by atoms with van der Waals surface area (Å²) in [5.74, 6) is 5.69. The Labute approximate surface area is 123 Å². The molecule has 2 aromatic carbocycles. The van der Waals surface area contributed by atoms with Crippen molar-refractivity contribution in [3.05, 3.63) is 69.7 Å². The van der Waals surface area contributed by atoms with Gasteiger partial charge >= 0.3 is 0 Å². The molecule has 2 aromatic rings. The molecule has 0 bridgehead atoms. The van der Waals surface area contributed by atoms with Gasteiger partial charge in [-0.2, -0.15) is 0 Å². The van der Waals surface area contributed by atoms with Crippen LogP contribution in [0.15, 0.2) is 53.0 Å². The number of nitrogens with one attached hydrogen (secondary N) is 1. The van der Waals surface area contributed by atoms with Crippen molar-refractivity contribution in [2.24, 2.45) is 5.84 Å². The van der Waals surface area contributed by atoms with Crippen LogP contribution in [0.25, 0.3) is 0 Å². The number of hydrogen-bond acceptors (Lipinski definition) is 2. The highest BCUT2D eigenvalue weighted by Gasteiger charge is 2.10. The van der Waals surface area contributed by atoms with E-state index in [2.05, 4.69) is 70.7 Å². The van der Waals surface area contributed by atoms with Gasteiger partial charge in [0.15, 0.2) is 0 Å². The third-order valence-corrected chi connectivity index (χ3v) is 4.22.